The van der Waals surface area contributed by atoms with Gasteiger partial charge in [-0.25, -0.2) is 0 Å². The van der Waals surface area contributed by atoms with Crippen molar-refractivity contribution >= 4 is 0 Å². The summed E-state index contributed by atoms with van der Waals surface area (Å²) in [6.07, 6.45) is 8.44. The van der Waals surface area contributed by atoms with Gasteiger partial charge >= 0.3 is 6.61 Å². The third kappa shape index (κ3) is 10.7. The average molecular weight is 344 g/mol. The van der Waals surface area contributed by atoms with Crippen molar-refractivity contribution in [1.82, 2.24) is 0 Å². The van der Waals surface area contributed by atoms with Crippen molar-refractivity contribution in [3.8, 4) is 17.6 Å². The number of ether oxygens (including phenoxy) is 1. The SMILES string of the molecule is C=CCCC/C(C=C)=C/C(=C)C#Cc1ccc(OC(F)F)cc1.CC. The second-order valence-corrected chi connectivity index (χ2v) is 4.78. The zero-order chi connectivity index (χ0) is 19.1. The molecule has 1 aromatic rings. The van der Waals surface area contributed by atoms with Crippen molar-refractivity contribution in [2.75, 3.05) is 0 Å². The van der Waals surface area contributed by atoms with Gasteiger partial charge < -0.3 is 4.74 Å². The zero-order valence-corrected chi connectivity index (χ0v) is 15.0. The van der Waals surface area contributed by atoms with Gasteiger partial charge in [0, 0.05) is 11.1 Å². The molecule has 0 amide bonds. The lowest BCUT2D eigenvalue weighted by Crippen LogP contribution is -2.01. The van der Waals surface area contributed by atoms with Crippen molar-refractivity contribution in [2.45, 2.75) is 39.7 Å². The van der Waals surface area contributed by atoms with E-state index in [1.54, 1.807) is 18.2 Å². The quantitative estimate of drug-likeness (QED) is 0.221. The second kappa shape index (κ2) is 13.8. The molecule has 0 saturated carbocycles. The molecule has 1 aromatic carbocycles. The van der Waals surface area contributed by atoms with Crippen LogP contribution in [0.15, 0.2) is 73.4 Å². The molecule has 0 aromatic heterocycles. The van der Waals surface area contributed by atoms with Gasteiger partial charge in [-0.15, -0.1) is 6.58 Å². The molecular formula is C22H26F2O. The number of rotatable bonds is 8. The van der Waals surface area contributed by atoms with Crippen molar-refractivity contribution in [2.24, 2.45) is 0 Å². The van der Waals surface area contributed by atoms with Crippen molar-refractivity contribution in [1.29, 1.82) is 0 Å². The maximum atomic E-state index is 12.1. The molecule has 0 saturated heterocycles. The van der Waals surface area contributed by atoms with Crippen LogP contribution in [0, 0.1) is 11.8 Å². The predicted octanol–water partition coefficient (Wildman–Crippen LogP) is 6.69. The Hall–Kier alpha value is -2.60. The molecular weight excluding hydrogens is 318 g/mol. The fraction of sp³-hybridized carbons (Fsp3) is 0.273. The first-order valence-corrected chi connectivity index (χ1v) is 8.25. The minimum Gasteiger partial charge on any atom is -0.435 e. The van der Waals surface area contributed by atoms with E-state index in [2.05, 4.69) is 36.3 Å². The van der Waals surface area contributed by atoms with Crippen molar-refractivity contribution < 1.29 is 13.5 Å². The molecule has 0 unspecified atom stereocenters. The second-order valence-electron chi connectivity index (χ2n) is 4.78. The number of allylic oxidation sites excluding steroid dienone is 5. The van der Waals surface area contributed by atoms with Gasteiger partial charge in [0.25, 0.3) is 0 Å². The van der Waals surface area contributed by atoms with Crippen LogP contribution in [0.25, 0.3) is 0 Å². The molecule has 1 nitrogen and oxygen atoms in total. The van der Waals surface area contributed by atoms with E-state index in [1.165, 1.54) is 12.1 Å². The smallest absolute Gasteiger partial charge is 0.387 e. The predicted molar refractivity (Wildman–Crippen MR) is 103 cm³/mol. The summed E-state index contributed by atoms with van der Waals surface area (Å²) >= 11 is 0. The third-order valence-electron chi connectivity index (χ3n) is 2.94. The van der Waals surface area contributed by atoms with Crippen LogP contribution >= 0.6 is 0 Å². The van der Waals surface area contributed by atoms with Gasteiger partial charge in [0.2, 0.25) is 0 Å². The van der Waals surface area contributed by atoms with Crippen molar-refractivity contribution in [3.63, 3.8) is 0 Å². The topological polar surface area (TPSA) is 9.23 Å². The van der Waals surface area contributed by atoms with Crippen molar-refractivity contribution in [3.05, 3.63) is 78.9 Å². The van der Waals surface area contributed by atoms with Gasteiger partial charge in [-0.2, -0.15) is 8.78 Å². The molecule has 0 heterocycles. The fourth-order valence-corrected chi connectivity index (χ4v) is 1.82. The Labute approximate surface area is 150 Å². The van der Waals surface area contributed by atoms with Gasteiger partial charge in [-0.05, 0) is 55.2 Å². The van der Waals surface area contributed by atoms with Gasteiger partial charge in [0.05, 0.1) is 0 Å². The van der Waals surface area contributed by atoms with Crippen LogP contribution in [0.3, 0.4) is 0 Å². The van der Waals surface area contributed by atoms with Gasteiger partial charge in [0.15, 0.2) is 0 Å². The normalized spacial score (nSPS) is 10.0. The Bertz CT molecular complexity index is 628. The fourth-order valence-electron chi connectivity index (χ4n) is 1.82. The largest absolute Gasteiger partial charge is 0.435 e. The molecule has 134 valence electrons. The zero-order valence-electron chi connectivity index (χ0n) is 15.0. The minimum atomic E-state index is -2.82. The number of hydrogen-bond donors (Lipinski definition) is 0. The summed E-state index contributed by atoms with van der Waals surface area (Å²) in [7, 11) is 0. The van der Waals surface area contributed by atoms with Crippen LogP contribution in [0.2, 0.25) is 0 Å². The van der Waals surface area contributed by atoms with Gasteiger partial charge in [-0.3, -0.25) is 0 Å². The Balaban J connectivity index is 0.00000277. The molecule has 0 bridgehead atoms. The summed E-state index contributed by atoms with van der Waals surface area (Å²) in [6.45, 7) is 12.6. The monoisotopic (exact) mass is 344 g/mol. The summed E-state index contributed by atoms with van der Waals surface area (Å²) in [5.74, 6) is 5.98. The van der Waals surface area contributed by atoms with E-state index in [1.807, 2.05) is 26.0 Å². The molecule has 0 radical (unpaired) electrons. The Kier molecular flexibility index (Phi) is 12.4. The maximum absolute atomic E-state index is 12.1. The summed E-state index contributed by atoms with van der Waals surface area (Å²) in [5.41, 5.74) is 2.45. The number of hydrogen-bond acceptors (Lipinski definition) is 1. The Morgan fingerprint density at radius 3 is 2.36 bits per heavy atom. The molecule has 0 aliphatic heterocycles. The first kappa shape index (κ1) is 22.4. The van der Waals surface area contributed by atoms with E-state index in [9.17, 15) is 8.78 Å². The van der Waals surface area contributed by atoms with Gasteiger partial charge in [0.1, 0.15) is 5.75 Å². The van der Waals surface area contributed by atoms with Gasteiger partial charge in [-0.1, -0.05) is 51.0 Å². The highest BCUT2D eigenvalue weighted by molar-refractivity contribution is 5.46. The summed E-state index contributed by atoms with van der Waals surface area (Å²) in [5, 5.41) is 0. The molecule has 0 spiro atoms. The highest BCUT2D eigenvalue weighted by Gasteiger charge is 2.02. The molecule has 0 aliphatic carbocycles. The highest BCUT2D eigenvalue weighted by atomic mass is 19.3. The number of benzene rings is 1. The molecule has 0 N–H and O–H groups in total. The van der Waals surface area contributed by atoms with E-state index in [0.717, 1.165) is 24.8 Å². The van der Waals surface area contributed by atoms with E-state index in [4.69, 9.17) is 0 Å². The summed E-state index contributed by atoms with van der Waals surface area (Å²) in [4.78, 5) is 0. The van der Waals surface area contributed by atoms with Crippen LogP contribution in [0.4, 0.5) is 8.78 Å². The molecule has 25 heavy (non-hydrogen) atoms. The average Bonchev–Trinajstić information content (AvgIpc) is 2.61. The molecule has 3 heteroatoms. The van der Waals surface area contributed by atoms with E-state index >= 15 is 0 Å². The van der Waals surface area contributed by atoms with Crippen LogP contribution in [0.1, 0.15) is 38.7 Å². The summed E-state index contributed by atoms with van der Waals surface area (Å²) in [6, 6.07) is 6.17. The minimum absolute atomic E-state index is 0.112. The Morgan fingerprint density at radius 1 is 1.20 bits per heavy atom. The summed E-state index contributed by atoms with van der Waals surface area (Å²) < 4.78 is 28.4. The lowest BCUT2D eigenvalue weighted by Gasteiger charge is -2.03. The van der Waals surface area contributed by atoms with Crippen LogP contribution in [-0.4, -0.2) is 6.61 Å². The molecule has 0 atom stereocenters. The highest BCUT2D eigenvalue weighted by Crippen LogP contribution is 2.15. The lowest BCUT2D eigenvalue weighted by atomic mass is 10.1. The molecule has 0 aliphatic rings. The molecule has 1 rings (SSSR count). The maximum Gasteiger partial charge on any atom is 0.387 e. The Morgan fingerprint density at radius 2 is 1.84 bits per heavy atom. The number of alkyl halides is 2. The lowest BCUT2D eigenvalue weighted by molar-refractivity contribution is -0.0498. The molecule has 0 fully saturated rings. The van der Waals surface area contributed by atoms with E-state index < -0.39 is 6.61 Å². The standard InChI is InChI=1S/C20H20F2O.C2H6/c1-4-6-7-8-17(5-2)15-16(3)9-10-18-11-13-19(14-12-18)23-20(21)22;1-2/h4-5,11-15,20H,1-3,6-8H2;1-2H3/b17-15+;. The van der Waals surface area contributed by atoms with E-state index in [0.29, 0.717) is 11.1 Å². The first-order valence-electron chi connectivity index (χ1n) is 8.25. The van der Waals surface area contributed by atoms with Crippen LogP contribution < -0.4 is 4.74 Å². The third-order valence-corrected chi connectivity index (χ3v) is 2.94. The van der Waals surface area contributed by atoms with Crippen LogP contribution in [-0.2, 0) is 0 Å². The van der Waals surface area contributed by atoms with Crippen LogP contribution in [0.5, 0.6) is 5.75 Å². The first-order chi connectivity index (χ1) is 12.0. The number of unbranched alkanes of at least 4 members (excludes halogenated alkanes) is 1. The number of halogens is 2. The van der Waals surface area contributed by atoms with E-state index in [-0.39, 0.29) is 5.75 Å².